The largest absolute Gasteiger partial charge is 0.503 e. The van der Waals surface area contributed by atoms with Crippen LogP contribution in [0.15, 0.2) is 6.07 Å². The Morgan fingerprint density at radius 3 is 2.55 bits per heavy atom. The van der Waals surface area contributed by atoms with E-state index < -0.39 is 11.9 Å². The molecule has 22 heavy (non-hydrogen) atoms. The summed E-state index contributed by atoms with van der Waals surface area (Å²) in [5.41, 5.74) is 0. The highest BCUT2D eigenvalue weighted by Crippen LogP contribution is 2.49. The summed E-state index contributed by atoms with van der Waals surface area (Å²) < 4.78 is 5.52. The Balaban J connectivity index is 2.51. The molecule has 1 atom stereocenters. The Bertz CT molecular complexity index is 768. The fourth-order valence-corrected chi connectivity index (χ4v) is 3.66. The van der Waals surface area contributed by atoms with E-state index in [1.54, 1.807) is 0 Å². The number of thiophene rings is 1. The number of rotatable bonds is 5. The number of hydrogen-bond acceptors (Lipinski definition) is 5. The van der Waals surface area contributed by atoms with Gasteiger partial charge in [-0.2, -0.15) is 0 Å². The predicted molar refractivity (Wildman–Crippen MR) is 85.8 cm³/mol. The van der Waals surface area contributed by atoms with Crippen LogP contribution in [0.2, 0.25) is 10.0 Å². The highest BCUT2D eigenvalue weighted by molar-refractivity contribution is 7.21. The Labute approximate surface area is 140 Å². The number of aromatic hydroxyl groups is 1. The van der Waals surface area contributed by atoms with Crippen molar-refractivity contribution in [3.63, 3.8) is 0 Å². The second kappa shape index (κ2) is 6.32. The van der Waals surface area contributed by atoms with Gasteiger partial charge in [0.25, 0.3) is 0 Å². The van der Waals surface area contributed by atoms with Gasteiger partial charge in [-0.3, -0.25) is 9.59 Å². The maximum atomic E-state index is 12.2. The molecule has 0 fully saturated rings. The number of ether oxygens (including phenoxy) is 1. The third-order valence-electron chi connectivity index (χ3n) is 3.18. The zero-order chi connectivity index (χ0) is 16.6. The van der Waals surface area contributed by atoms with Crippen molar-refractivity contribution in [2.45, 2.75) is 13.3 Å². The molecular formula is C14H12Cl2O5S. The quantitative estimate of drug-likeness (QED) is 0.778. The predicted octanol–water partition coefficient (Wildman–Crippen LogP) is 4.22. The van der Waals surface area contributed by atoms with Crippen LogP contribution < -0.4 is 4.74 Å². The van der Waals surface area contributed by atoms with Crippen LogP contribution in [-0.2, 0) is 4.79 Å². The zero-order valence-corrected chi connectivity index (χ0v) is 14.0. The average Bonchev–Trinajstić information content (AvgIpc) is 2.91. The Hall–Kier alpha value is -1.50. The number of methoxy groups -OCH3 is 1. The average molecular weight is 363 g/mol. The van der Waals surface area contributed by atoms with Gasteiger partial charge in [0.15, 0.2) is 17.3 Å². The van der Waals surface area contributed by atoms with Gasteiger partial charge in [-0.1, -0.05) is 30.1 Å². The highest BCUT2D eigenvalue weighted by Gasteiger charge is 2.23. The van der Waals surface area contributed by atoms with Gasteiger partial charge in [0.2, 0.25) is 0 Å². The van der Waals surface area contributed by atoms with Crippen molar-refractivity contribution in [2.24, 2.45) is 5.92 Å². The monoisotopic (exact) mass is 362 g/mol. The SMILES string of the molecule is COc1c(O)c(Cl)c2cc(C(=O)CC(C)C(=O)O)sc2c1Cl. The maximum Gasteiger partial charge on any atom is 0.306 e. The number of halogens is 2. The molecule has 0 aliphatic rings. The van der Waals surface area contributed by atoms with Crippen molar-refractivity contribution in [3.05, 3.63) is 21.0 Å². The van der Waals surface area contributed by atoms with Gasteiger partial charge in [0.1, 0.15) is 5.02 Å². The van der Waals surface area contributed by atoms with Crippen molar-refractivity contribution < 1.29 is 24.5 Å². The number of phenols is 1. The minimum Gasteiger partial charge on any atom is -0.503 e. The number of fused-ring (bicyclic) bond motifs is 1. The van der Waals surface area contributed by atoms with Gasteiger partial charge in [-0.15, -0.1) is 11.3 Å². The molecule has 0 amide bonds. The number of carbonyl (C=O) groups excluding carboxylic acids is 1. The molecule has 2 aromatic rings. The number of carboxylic acids is 1. The van der Waals surface area contributed by atoms with Crippen LogP contribution in [0.5, 0.6) is 11.5 Å². The molecular weight excluding hydrogens is 351 g/mol. The zero-order valence-electron chi connectivity index (χ0n) is 11.6. The van der Waals surface area contributed by atoms with E-state index in [0.717, 1.165) is 11.3 Å². The summed E-state index contributed by atoms with van der Waals surface area (Å²) in [5, 5.41) is 19.4. The van der Waals surface area contributed by atoms with Crippen molar-refractivity contribution in [1.29, 1.82) is 0 Å². The molecule has 2 rings (SSSR count). The number of Topliss-reactive ketones (excluding diaryl/α,β-unsaturated/α-hetero) is 1. The third kappa shape index (κ3) is 2.86. The summed E-state index contributed by atoms with van der Waals surface area (Å²) in [6, 6.07) is 1.50. The first kappa shape index (κ1) is 16.9. The Morgan fingerprint density at radius 1 is 1.36 bits per heavy atom. The van der Waals surface area contributed by atoms with Crippen LogP contribution >= 0.6 is 34.5 Å². The molecule has 118 valence electrons. The van der Waals surface area contributed by atoms with E-state index >= 15 is 0 Å². The first-order valence-corrected chi connectivity index (χ1v) is 7.78. The molecule has 2 N–H and O–H groups in total. The van der Waals surface area contributed by atoms with Gasteiger partial charge < -0.3 is 14.9 Å². The standard InChI is InChI=1S/C14H12Cl2O5S/c1-5(14(19)20)3-7(17)8-4-6-9(15)11(18)12(21-2)10(16)13(6)22-8/h4-5,18H,3H2,1-2H3,(H,19,20). The molecule has 0 spiro atoms. The van der Waals surface area contributed by atoms with E-state index in [1.165, 1.54) is 20.1 Å². The number of aliphatic carboxylic acids is 1. The molecule has 1 aromatic heterocycles. The summed E-state index contributed by atoms with van der Waals surface area (Å²) in [4.78, 5) is 23.3. The Morgan fingerprint density at radius 2 is 2.00 bits per heavy atom. The molecule has 1 aromatic carbocycles. The van der Waals surface area contributed by atoms with E-state index in [-0.39, 0.29) is 33.7 Å². The molecule has 0 saturated carbocycles. The van der Waals surface area contributed by atoms with Gasteiger partial charge in [-0.05, 0) is 6.07 Å². The van der Waals surface area contributed by atoms with Crippen LogP contribution in [0.4, 0.5) is 0 Å². The number of carbonyl (C=O) groups is 2. The van der Waals surface area contributed by atoms with Crippen LogP contribution in [0.3, 0.4) is 0 Å². The summed E-state index contributed by atoms with van der Waals surface area (Å²) >= 11 is 13.3. The number of carboxylic acid groups (broad SMARTS) is 1. The maximum absolute atomic E-state index is 12.2. The van der Waals surface area contributed by atoms with Crippen molar-refractivity contribution in [3.8, 4) is 11.5 Å². The molecule has 5 nitrogen and oxygen atoms in total. The molecule has 1 unspecified atom stereocenters. The molecule has 0 aliphatic heterocycles. The lowest BCUT2D eigenvalue weighted by molar-refractivity contribution is -0.141. The van der Waals surface area contributed by atoms with Crippen molar-refractivity contribution >= 4 is 56.4 Å². The lowest BCUT2D eigenvalue weighted by Crippen LogP contribution is -2.13. The van der Waals surface area contributed by atoms with Crippen LogP contribution in [0, 0.1) is 5.92 Å². The molecule has 0 saturated heterocycles. The smallest absolute Gasteiger partial charge is 0.306 e. The van der Waals surface area contributed by atoms with E-state index in [2.05, 4.69) is 0 Å². The van der Waals surface area contributed by atoms with E-state index in [4.69, 9.17) is 33.0 Å². The lowest BCUT2D eigenvalue weighted by atomic mass is 10.0. The molecule has 0 bridgehead atoms. The fourth-order valence-electron chi connectivity index (χ4n) is 1.94. The summed E-state index contributed by atoms with van der Waals surface area (Å²) in [6.45, 7) is 1.46. The van der Waals surface area contributed by atoms with Crippen molar-refractivity contribution in [2.75, 3.05) is 7.11 Å². The lowest BCUT2D eigenvalue weighted by Gasteiger charge is -2.08. The normalized spacial score (nSPS) is 12.4. The van der Waals surface area contributed by atoms with Crippen LogP contribution in [-0.4, -0.2) is 29.1 Å². The summed E-state index contributed by atoms with van der Waals surface area (Å²) in [7, 11) is 1.34. The molecule has 8 heteroatoms. The third-order valence-corrected chi connectivity index (χ3v) is 5.23. The minimum absolute atomic E-state index is 0.0397. The van der Waals surface area contributed by atoms with Gasteiger partial charge in [0.05, 0.1) is 27.6 Å². The van der Waals surface area contributed by atoms with Gasteiger partial charge in [-0.25, -0.2) is 0 Å². The van der Waals surface area contributed by atoms with Gasteiger partial charge >= 0.3 is 5.97 Å². The molecule has 1 heterocycles. The number of benzene rings is 1. The Kier molecular flexibility index (Phi) is 4.84. The first-order valence-electron chi connectivity index (χ1n) is 6.21. The summed E-state index contributed by atoms with van der Waals surface area (Å²) in [6.07, 6.45) is -0.124. The second-order valence-corrected chi connectivity index (χ2v) is 6.54. The molecule has 0 radical (unpaired) electrons. The van der Waals surface area contributed by atoms with Crippen LogP contribution in [0.1, 0.15) is 23.0 Å². The second-order valence-electron chi connectivity index (χ2n) is 4.73. The molecule has 0 aliphatic carbocycles. The topological polar surface area (TPSA) is 83.8 Å². The minimum atomic E-state index is -1.04. The number of phenolic OH excluding ortho intramolecular Hbond substituents is 1. The van der Waals surface area contributed by atoms with Crippen molar-refractivity contribution in [1.82, 2.24) is 0 Å². The number of ketones is 1. The van der Waals surface area contributed by atoms with E-state index in [9.17, 15) is 14.7 Å². The van der Waals surface area contributed by atoms with E-state index in [0.29, 0.717) is 15.0 Å². The van der Waals surface area contributed by atoms with Gasteiger partial charge in [0, 0.05) is 11.8 Å². The number of hydrogen-bond donors (Lipinski definition) is 2. The fraction of sp³-hybridized carbons (Fsp3) is 0.286. The summed E-state index contributed by atoms with van der Waals surface area (Å²) in [5.74, 6) is -2.39. The van der Waals surface area contributed by atoms with Crippen LogP contribution in [0.25, 0.3) is 10.1 Å². The van der Waals surface area contributed by atoms with E-state index in [1.807, 2.05) is 0 Å². The first-order chi connectivity index (χ1) is 10.3. The highest BCUT2D eigenvalue weighted by atomic mass is 35.5.